The Morgan fingerprint density at radius 2 is 1.87 bits per heavy atom. The van der Waals surface area contributed by atoms with Gasteiger partial charge in [0.2, 0.25) is 0 Å². The van der Waals surface area contributed by atoms with Gasteiger partial charge < -0.3 is 10.2 Å². The van der Waals surface area contributed by atoms with Crippen LogP contribution in [0.25, 0.3) is 22.0 Å². The molecule has 7 nitrogen and oxygen atoms in total. The predicted octanol–water partition coefficient (Wildman–Crippen LogP) is 3.27. The number of nitrogens with one attached hydrogen (secondary N) is 1. The molecule has 7 heteroatoms. The first-order valence-corrected chi connectivity index (χ1v) is 9.92. The van der Waals surface area contributed by atoms with Gasteiger partial charge in [0, 0.05) is 55.2 Å². The maximum absolute atomic E-state index is 12.8. The number of hydrogen-bond donors (Lipinski definition) is 1. The minimum atomic E-state index is -0.148. The first kappa shape index (κ1) is 18.4. The molecule has 1 N–H and O–H groups in total. The number of benzene rings is 1. The molecule has 1 aliphatic heterocycles. The summed E-state index contributed by atoms with van der Waals surface area (Å²) in [7, 11) is 3.99. The summed E-state index contributed by atoms with van der Waals surface area (Å²) in [6, 6.07) is 9.81. The van der Waals surface area contributed by atoms with Crippen LogP contribution in [0.2, 0.25) is 0 Å². The van der Waals surface area contributed by atoms with E-state index < -0.39 is 0 Å². The van der Waals surface area contributed by atoms with Crippen LogP contribution >= 0.6 is 0 Å². The summed E-state index contributed by atoms with van der Waals surface area (Å²) in [5, 5.41) is 9.01. The van der Waals surface area contributed by atoms with Gasteiger partial charge in [0.1, 0.15) is 5.82 Å². The molecule has 150 valence electrons. The van der Waals surface area contributed by atoms with E-state index in [4.69, 9.17) is 0 Å². The fourth-order valence-electron chi connectivity index (χ4n) is 3.84. The van der Waals surface area contributed by atoms with Gasteiger partial charge in [0.05, 0.1) is 11.9 Å². The van der Waals surface area contributed by atoms with E-state index in [1.54, 1.807) is 23.3 Å². The SMILES string of the molecule is CN1CCc2cc(C(=O)Nc3cc4cc(-c5cnn(C)c5)ncc4cn3)ccc2C1. The van der Waals surface area contributed by atoms with Crippen molar-refractivity contribution < 1.29 is 4.79 Å². The van der Waals surface area contributed by atoms with Gasteiger partial charge in [0.25, 0.3) is 5.91 Å². The summed E-state index contributed by atoms with van der Waals surface area (Å²) in [6.45, 7) is 1.94. The molecule has 0 radical (unpaired) electrons. The van der Waals surface area contributed by atoms with E-state index >= 15 is 0 Å². The minimum Gasteiger partial charge on any atom is -0.307 e. The molecular formula is C23H22N6O. The van der Waals surface area contributed by atoms with E-state index in [-0.39, 0.29) is 5.91 Å². The smallest absolute Gasteiger partial charge is 0.256 e. The summed E-state index contributed by atoms with van der Waals surface area (Å²) in [5.74, 6) is 0.374. The molecule has 0 saturated heterocycles. The molecule has 0 aliphatic carbocycles. The second-order valence-electron chi connectivity index (χ2n) is 7.81. The van der Waals surface area contributed by atoms with Crippen molar-refractivity contribution >= 4 is 22.5 Å². The molecule has 1 aromatic carbocycles. The van der Waals surface area contributed by atoms with Crippen LogP contribution in [0.15, 0.2) is 55.1 Å². The number of carbonyl (C=O) groups is 1. The highest BCUT2D eigenvalue weighted by Gasteiger charge is 2.16. The lowest BCUT2D eigenvalue weighted by Crippen LogP contribution is -2.27. The van der Waals surface area contributed by atoms with Gasteiger partial charge in [0.15, 0.2) is 0 Å². The molecule has 1 aliphatic rings. The standard InChI is InChI=1S/C23H22N6O/c1-28-6-5-15-7-16(3-4-17(15)13-28)23(30)27-22-9-18-8-21(20-12-26-29(2)14-20)24-10-19(18)11-25-22/h3-4,7-12,14H,5-6,13H2,1-2H3,(H,25,27,30). The average Bonchev–Trinajstić information content (AvgIpc) is 3.19. The molecule has 3 aromatic heterocycles. The number of amides is 1. The molecule has 0 spiro atoms. The van der Waals surface area contributed by atoms with Crippen LogP contribution in [0.5, 0.6) is 0 Å². The lowest BCUT2D eigenvalue weighted by Gasteiger charge is -2.25. The number of hydrogen-bond acceptors (Lipinski definition) is 5. The highest BCUT2D eigenvalue weighted by atomic mass is 16.1. The monoisotopic (exact) mass is 398 g/mol. The number of rotatable bonds is 3. The van der Waals surface area contributed by atoms with E-state index in [1.165, 1.54) is 11.1 Å². The Morgan fingerprint density at radius 1 is 1.00 bits per heavy atom. The highest BCUT2D eigenvalue weighted by Crippen LogP contribution is 2.24. The number of nitrogens with zero attached hydrogens (tertiary/aromatic N) is 5. The molecule has 0 bridgehead atoms. The Balaban J connectivity index is 1.40. The summed E-state index contributed by atoms with van der Waals surface area (Å²) >= 11 is 0. The fraction of sp³-hybridized carbons (Fsp3) is 0.217. The van der Waals surface area contributed by atoms with Crippen LogP contribution in [-0.2, 0) is 20.0 Å². The molecule has 5 rings (SSSR count). The van der Waals surface area contributed by atoms with Crippen molar-refractivity contribution in [2.75, 3.05) is 18.9 Å². The molecular weight excluding hydrogens is 376 g/mol. The number of aromatic nitrogens is 4. The van der Waals surface area contributed by atoms with E-state index in [1.807, 2.05) is 37.5 Å². The second-order valence-corrected chi connectivity index (χ2v) is 7.81. The van der Waals surface area contributed by atoms with Crippen LogP contribution < -0.4 is 5.32 Å². The molecule has 4 aromatic rings. The van der Waals surface area contributed by atoms with Crippen LogP contribution in [0.1, 0.15) is 21.5 Å². The Hall–Kier alpha value is -3.58. The van der Waals surface area contributed by atoms with Crippen molar-refractivity contribution in [3.63, 3.8) is 0 Å². The minimum absolute atomic E-state index is 0.148. The normalized spacial score (nSPS) is 13.9. The first-order chi connectivity index (χ1) is 14.5. The zero-order valence-electron chi connectivity index (χ0n) is 17.0. The van der Waals surface area contributed by atoms with Crippen molar-refractivity contribution in [3.8, 4) is 11.3 Å². The van der Waals surface area contributed by atoms with Gasteiger partial charge in [-0.15, -0.1) is 0 Å². The summed E-state index contributed by atoms with van der Waals surface area (Å²) < 4.78 is 1.75. The fourth-order valence-corrected chi connectivity index (χ4v) is 3.84. The molecule has 30 heavy (non-hydrogen) atoms. The second kappa shape index (κ2) is 7.35. The molecule has 0 saturated carbocycles. The van der Waals surface area contributed by atoms with Gasteiger partial charge in [-0.25, -0.2) is 4.98 Å². The van der Waals surface area contributed by atoms with Gasteiger partial charge in [-0.2, -0.15) is 5.10 Å². The molecule has 1 amide bonds. The third kappa shape index (κ3) is 3.55. The summed E-state index contributed by atoms with van der Waals surface area (Å²) in [5.41, 5.74) is 4.98. The van der Waals surface area contributed by atoms with Crippen LogP contribution in [0, 0.1) is 0 Å². The van der Waals surface area contributed by atoms with Gasteiger partial charge in [-0.1, -0.05) is 6.07 Å². The summed E-state index contributed by atoms with van der Waals surface area (Å²) in [6.07, 6.45) is 8.19. The average molecular weight is 398 g/mol. The topological polar surface area (TPSA) is 75.9 Å². The van der Waals surface area contributed by atoms with Crippen LogP contribution in [-0.4, -0.2) is 44.1 Å². The van der Waals surface area contributed by atoms with Gasteiger partial charge >= 0.3 is 0 Å². The third-order valence-corrected chi connectivity index (χ3v) is 5.52. The number of anilines is 1. The van der Waals surface area contributed by atoms with E-state index in [9.17, 15) is 4.79 Å². The first-order valence-electron chi connectivity index (χ1n) is 9.92. The Kier molecular flexibility index (Phi) is 4.52. The molecule has 0 unspecified atom stereocenters. The quantitative estimate of drug-likeness (QED) is 0.573. The predicted molar refractivity (Wildman–Crippen MR) is 116 cm³/mol. The van der Waals surface area contributed by atoms with Crippen molar-refractivity contribution in [3.05, 3.63) is 71.8 Å². The molecule has 0 fully saturated rings. The van der Waals surface area contributed by atoms with E-state index in [0.717, 1.165) is 41.5 Å². The number of carbonyl (C=O) groups excluding carboxylic acids is 1. The number of fused-ring (bicyclic) bond motifs is 2. The Bertz CT molecular complexity index is 1260. The third-order valence-electron chi connectivity index (χ3n) is 5.52. The Labute approximate surface area is 174 Å². The number of pyridine rings is 2. The van der Waals surface area contributed by atoms with E-state index in [2.05, 4.69) is 38.4 Å². The van der Waals surface area contributed by atoms with Crippen LogP contribution in [0.4, 0.5) is 5.82 Å². The highest BCUT2D eigenvalue weighted by molar-refractivity contribution is 6.04. The van der Waals surface area contributed by atoms with Crippen molar-refractivity contribution in [2.45, 2.75) is 13.0 Å². The number of aryl methyl sites for hydroxylation is 1. The van der Waals surface area contributed by atoms with Gasteiger partial charge in [-0.3, -0.25) is 14.5 Å². The largest absolute Gasteiger partial charge is 0.307 e. The molecule has 4 heterocycles. The number of likely N-dealkylation sites (N-methyl/N-ethyl adjacent to an activating group) is 1. The Morgan fingerprint density at radius 3 is 2.70 bits per heavy atom. The van der Waals surface area contributed by atoms with Crippen molar-refractivity contribution in [1.82, 2.24) is 24.6 Å². The zero-order valence-corrected chi connectivity index (χ0v) is 17.0. The van der Waals surface area contributed by atoms with Gasteiger partial charge in [-0.05, 0) is 54.2 Å². The van der Waals surface area contributed by atoms with Crippen molar-refractivity contribution in [1.29, 1.82) is 0 Å². The van der Waals surface area contributed by atoms with Crippen LogP contribution in [0.3, 0.4) is 0 Å². The lowest BCUT2D eigenvalue weighted by molar-refractivity contribution is 0.102. The summed E-state index contributed by atoms with van der Waals surface area (Å²) in [4.78, 5) is 24.0. The maximum atomic E-state index is 12.8. The maximum Gasteiger partial charge on any atom is 0.256 e. The molecule has 0 atom stereocenters. The lowest BCUT2D eigenvalue weighted by atomic mass is 9.97. The van der Waals surface area contributed by atoms with Crippen molar-refractivity contribution in [2.24, 2.45) is 7.05 Å². The zero-order chi connectivity index (χ0) is 20.7. The van der Waals surface area contributed by atoms with E-state index in [0.29, 0.717) is 11.4 Å².